The molecule has 1 saturated heterocycles. The van der Waals surface area contributed by atoms with Crippen LogP contribution < -0.4 is 5.32 Å². The number of nitrogens with one attached hydrogen (secondary N) is 1. The summed E-state index contributed by atoms with van der Waals surface area (Å²) in [5.41, 5.74) is 2.54. The van der Waals surface area contributed by atoms with Crippen molar-refractivity contribution in [2.24, 2.45) is 5.92 Å². The van der Waals surface area contributed by atoms with Crippen LogP contribution in [-0.4, -0.2) is 18.7 Å². The van der Waals surface area contributed by atoms with E-state index < -0.39 is 0 Å². The lowest BCUT2D eigenvalue weighted by atomic mass is 9.91. The van der Waals surface area contributed by atoms with Gasteiger partial charge in [-0.2, -0.15) is 0 Å². The van der Waals surface area contributed by atoms with Gasteiger partial charge in [-0.05, 0) is 31.7 Å². The van der Waals surface area contributed by atoms with Crippen LogP contribution in [0, 0.1) is 12.8 Å². The molecule has 2 rings (SSSR count). The van der Waals surface area contributed by atoms with Crippen molar-refractivity contribution in [3.05, 3.63) is 35.4 Å². The molecule has 0 bridgehead atoms. The Morgan fingerprint density at radius 1 is 1.33 bits per heavy atom. The maximum absolute atomic E-state index is 6.35. The predicted octanol–water partition coefficient (Wildman–Crippen LogP) is 3.46. The Bertz CT molecular complexity index is 385. The van der Waals surface area contributed by atoms with Crippen molar-refractivity contribution in [2.75, 3.05) is 13.1 Å². The van der Waals surface area contributed by atoms with Crippen molar-refractivity contribution in [1.29, 1.82) is 0 Å². The third-order valence-electron chi connectivity index (χ3n) is 3.54. The number of aryl methyl sites for hydroxylation is 1. The molecule has 2 atom stereocenters. The molecule has 0 saturated carbocycles. The van der Waals surface area contributed by atoms with Crippen LogP contribution in [0.3, 0.4) is 0 Å². The number of ether oxygens (including phenoxy) is 1. The topological polar surface area (TPSA) is 21.3 Å². The van der Waals surface area contributed by atoms with Crippen LogP contribution in [0.1, 0.15) is 44.4 Å². The van der Waals surface area contributed by atoms with E-state index in [1.54, 1.807) is 0 Å². The van der Waals surface area contributed by atoms with E-state index in [1.165, 1.54) is 11.1 Å². The van der Waals surface area contributed by atoms with E-state index in [2.05, 4.69) is 57.3 Å². The van der Waals surface area contributed by atoms with Crippen LogP contribution in [0.4, 0.5) is 0 Å². The molecule has 0 aliphatic carbocycles. The van der Waals surface area contributed by atoms with E-state index in [4.69, 9.17) is 4.74 Å². The van der Waals surface area contributed by atoms with Gasteiger partial charge in [0.15, 0.2) is 0 Å². The summed E-state index contributed by atoms with van der Waals surface area (Å²) < 4.78 is 6.35. The fourth-order valence-corrected chi connectivity index (χ4v) is 2.85. The van der Waals surface area contributed by atoms with Gasteiger partial charge in [-0.15, -0.1) is 0 Å². The number of hydrogen-bond acceptors (Lipinski definition) is 2. The van der Waals surface area contributed by atoms with Crippen molar-refractivity contribution in [2.45, 2.75) is 45.8 Å². The molecule has 0 radical (unpaired) electrons. The van der Waals surface area contributed by atoms with Gasteiger partial charge in [0.05, 0.1) is 11.7 Å². The number of rotatable bonds is 3. The van der Waals surface area contributed by atoms with Crippen LogP contribution >= 0.6 is 0 Å². The fourth-order valence-electron chi connectivity index (χ4n) is 2.85. The molecule has 1 aliphatic heterocycles. The number of benzene rings is 1. The highest BCUT2D eigenvalue weighted by Gasteiger charge is 2.33. The van der Waals surface area contributed by atoms with E-state index in [9.17, 15) is 0 Å². The molecule has 2 heteroatoms. The molecule has 18 heavy (non-hydrogen) atoms. The average molecular weight is 247 g/mol. The van der Waals surface area contributed by atoms with E-state index in [1.807, 2.05) is 0 Å². The molecule has 0 aromatic heterocycles. The van der Waals surface area contributed by atoms with Gasteiger partial charge in [0.2, 0.25) is 0 Å². The van der Waals surface area contributed by atoms with Gasteiger partial charge in [-0.25, -0.2) is 0 Å². The van der Waals surface area contributed by atoms with Crippen LogP contribution in [0.2, 0.25) is 0 Å². The van der Waals surface area contributed by atoms with Crippen molar-refractivity contribution in [3.8, 4) is 0 Å². The molecule has 100 valence electrons. The Kier molecular flexibility index (Phi) is 4.08. The second kappa shape index (κ2) is 5.41. The molecule has 1 N–H and O–H groups in total. The molecule has 1 aromatic carbocycles. The highest BCUT2D eigenvalue weighted by Crippen LogP contribution is 2.31. The van der Waals surface area contributed by atoms with Gasteiger partial charge < -0.3 is 10.1 Å². The maximum Gasteiger partial charge on any atom is 0.0957 e. The van der Waals surface area contributed by atoms with E-state index in [-0.39, 0.29) is 11.7 Å². The summed E-state index contributed by atoms with van der Waals surface area (Å²) in [4.78, 5) is 0. The summed E-state index contributed by atoms with van der Waals surface area (Å²) in [6, 6.07) is 8.69. The summed E-state index contributed by atoms with van der Waals surface area (Å²) in [7, 11) is 0. The Labute approximate surface area is 111 Å². The monoisotopic (exact) mass is 247 g/mol. The van der Waals surface area contributed by atoms with Crippen molar-refractivity contribution in [3.63, 3.8) is 0 Å². The third-order valence-corrected chi connectivity index (χ3v) is 3.54. The largest absolute Gasteiger partial charge is 0.365 e. The van der Waals surface area contributed by atoms with Crippen LogP contribution in [-0.2, 0) is 4.74 Å². The van der Waals surface area contributed by atoms with Gasteiger partial charge in [0, 0.05) is 13.1 Å². The molecule has 0 spiro atoms. The van der Waals surface area contributed by atoms with Crippen molar-refractivity contribution in [1.82, 2.24) is 5.32 Å². The van der Waals surface area contributed by atoms with Crippen molar-refractivity contribution >= 4 is 0 Å². The summed E-state index contributed by atoms with van der Waals surface area (Å²) in [6.07, 6.45) is 1.28. The Morgan fingerprint density at radius 2 is 2.00 bits per heavy atom. The summed E-state index contributed by atoms with van der Waals surface area (Å²) in [5.74, 6) is 0.661. The lowest BCUT2D eigenvalue weighted by Gasteiger charge is -2.40. The average Bonchev–Trinajstić information content (AvgIpc) is 2.28. The zero-order valence-electron chi connectivity index (χ0n) is 12.0. The molecule has 2 unspecified atom stereocenters. The highest BCUT2D eigenvalue weighted by molar-refractivity contribution is 5.24. The minimum atomic E-state index is -0.0397. The lowest BCUT2D eigenvalue weighted by Crippen LogP contribution is -2.49. The first kappa shape index (κ1) is 13.6. The van der Waals surface area contributed by atoms with E-state index in [0.29, 0.717) is 5.92 Å². The summed E-state index contributed by atoms with van der Waals surface area (Å²) >= 11 is 0. The zero-order valence-corrected chi connectivity index (χ0v) is 12.0. The van der Waals surface area contributed by atoms with Crippen molar-refractivity contribution < 1.29 is 4.74 Å². The zero-order chi connectivity index (χ0) is 13.2. The van der Waals surface area contributed by atoms with Gasteiger partial charge in [0.1, 0.15) is 0 Å². The second-order valence-corrected chi connectivity index (χ2v) is 6.20. The lowest BCUT2D eigenvalue weighted by molar-refractivity contribution is -0.117. The first-order valence-electron chi connectivity index (χ1n) is 6.94. The Balaban J connectivity index is 2.08. The summed E-state index contributed by atoms with van der Waals surface area (Å²) in [6.45, 7) is 10.7. The third kappa shape index (κ3) is 3.33. The van der Waals surface area contributed by atoms with Crippen LogP contribution in [0.25, 0.3) is 0 Å². The number of morpholine rings is 1. The minimum absolute atomic E-state index is 0.0397. The Morgan fingerprint density at radius 3 is 2.61 bits per heavy atom. The molecule has 1 heterocycles. The SMILES string of the molecule is Cc1ccc(C2CNCC(C)(CC(C)C)O2)cc1. The molecule has 1 aromatic rings. The van der Waals surface area contributed by atoms with E-state index >= 15 is 0 Å². The molecule has 1 aliphatic rings. The fraction of sp³-hybridized carbons (Fsp3) is 0.625. The van der Waals surface area contributed by atoms with Gasteiger partial charge in [0.25, 0.3) is 0 Å². The van der Waals surface area contributed by atoms with Gasteiger partial charge in [-0.3, -0.25) is 0 Å². The summed E-state index contributed by atoms with van der Waals surface area (Å²) in [5, 5.41) is 3.52. The predicted molar refractivity (Wildman–Crippen MR) is 75.7 cm³/mol. The smallest absolute Gasteiger partial charge is 0.0957 e. The molecular formula is C16H25NO. The highest BCUT2D eigenvalue weighted by atomic mass is 16.5. The normalized spacial score (nSPS) is 28.6. The Hall–Kier alpha value is -0.860. The second-order valence-electron chi connectivity index (χ2n) is 6.20. The first-order chi connectivity index (χ1) is 8.48. The molecule has 1 fully saturated rings. The quantitative estimate of drug-likeness (QED) is 0.883. The van der Waals surface area contributed by atoms with Crippen LogP contribution in [0.5, 0.6) is 0 Å². The minimum Gasteiger partial charge on any atom is -0.365 e. The molecular weight excluding hydrogens is 222 g/mol. The molecule has 2 nitrogen and oxygen atoms in total. The van der Waals surface area contributed by atoms with Crippen LogP contribution in [0.15, 0.2) is 24.3 Å². The molecule has 0 amide bonds. The first-order valence-corrected chi connectivity index (χ1v) is 6.94. The standard InChI is InChI=1S/C16H25NO/c1-12(2)9-16(4)11-17-10-15(18-16)14-7-5-13(3)6-8-14/h5-8,12,15,17H,9-11H2,1-4H3. The van der Waals surface area contributed by atoms with Gasteiger partial charge in [-0.1, -0.05) is 43.7 Å². The maximum atomic E-state index is 6.35. The van der Waals surface area contributed by atoms with E-state index in [0.717, 1.165) is 19.5 Å². The number of hydrogen-bond donors (Lipinski definition) is 1. The van der Waals surface area contributed by atoms with Gasteiger partial charge >= 0.3 is 0 Å².